The zero-order valence-corrected chi connectivity index (χ0v) is 17.3. The summed E-state index contributed by atoms with van der Waals surface area (Å²) >= 11 is 0. The number of halogens is 1. The Kier molecular flexibility index (Phi) is 6.09. The Morgan fingerprint density at radius 3 is 2.66 bits per heavy atom. The molecule has 1 aliphatic heterocycles. The summed E-state index contributed by atoms with van der Waals surface area (Å²) in [6.07, 6.45) is 1.46. The van der Waals surface area contributed by atoms with E-state index < -0.39 is 11.8 Å². The number of carboxylic acids is 1. The predicted octanol–water partition coefficient (Wildman–Crippen LogP) is 3.59. The minimum atomic E-state index is -1.01. The summed E-state index contributed by atoms with van der Waals surface area (Å²) in [5.41, 5.74) is 1.86. The van der Waals surface area contributed by atoms with Crippen LogP contribution in [-0.4, -0.2) is 57.7 Å². The number of ether oxygens (including phenoxy) is 1. The first-order chi connectivity index (χ1) is 15.4. The number of carbonyl (C=O) groups excluding carboxylic acids is 1. The van der Waals surface area contributed by atoms with E-state index >= 15 is 0 Å². The Morgan fingerprint density at radius 2 is 1.97 bits per heavy atom. The molecule has 3 aromatic rings. The molecule has 9 heteroatoms. The lowest BCUT2D eigenvalue weighted by atomic mass is 10.1. The molecule has 2 N–H and O–H groups in total. The summed E-state index contributed by atoms with van der Waals surface area (Å²) in [6, 6.07) is 12.2. The van der Waals surface area contributed by atoms with Crippen LogP contribution in [0.4, 0.5) is 16.0 Å². The van der Waals surface area contributed by atoms with Gasteiger partial charge < -0.3 is 20.1 Å². The van der Waals surface area contributed by atoms with Crippen LogP contribution in [0, 0.1) is 5.82 Å². The van der Waals surface area contributed by atoms with E-state index in [-0.39, 0.29) is 29.1 Å². The number of anilines is 2. The fourth-order valence-corrected chi connectivity index (χ4v) is 3.43. The summed E-state index contributed by atoms with van der Waals surface area (Å²) in [5, 5.41) is 12.0. The topological polar surface area (TPSA) is 105 Å². The van der Waals surface area contributed by atoms with Gasteiger partial charge >= 0.3 is 5.97 Å². The Morgan fingerprint density at radius 1 is 1.19 bits per heavy atom. The molecule has 1 fully saturated rings. The van der Waals surface area contributed by atoms with E-state index in [2.05, 4.69) is 15.3 Å². The maximum absolute atomic E-state index is 14.7. The first-order valence-corrected chi connectivity index (χ1v) is 10.0. The number of hydrogen-bond acceptors (Lipinski definition) is 6. The van der Waals surface area contributed by atoms with Crippen LogP contribution < -0.4 is 5.32 Å². The lowest BCUT2D eigenvalue weighted by Crippen LogP contribution is -2.44. The number of rotatable bonds is 5. The van der Waals surface area contributed by atoms with Crippen molar-refractivity contribution < 1.29 is 23.8 Å². The van der Waals surface area contributed by atoms with Gasteiger partial charge in [0.25, 0.3) is 5.91 Å². The SMILES string of the molecule is CC1CN(C(=O)c2ccc(Nc3nccc(-c4ccc(C(=O)O)cc4)n3)cc2F)CCO1. The number of amides is 1. The molecule has 0 radical (unpaired) electrons. The lowest BCUT2D eigenvalue weighted by Gasteiger charge is -2.31. The second-order valence-electron chi connectivity index (χ2n) is 7.40. The van der Waals surface area contributed by atoms with Gasteiger partial charge in [0.05, 0.1) is 29.5 Å². The van der Waals surface area contributed by atoms with Crippen molar-refractivity contribution in [3.63, 3.8) is 0 Å². The van der Waals surface area contributed by atoms with Gasteiger partial charge in [-0.25, -0.2) is 19.2 Å². The summed E-state index contributed by atoms with van der Waals surface area (Å²) in [6.45, 7) is 3.15. The number of aromatic nitrogens is 2. The maximum atomic E-state index is 14.7. The number of nitrogens with zero attached hydrogens (tertiary/aromatic N) is 3. The number of hydrogen-bond donors (Lipinski definition) is 2. The average molecular weight is 436 g/mol. The third-order valence-corrected chi connectivity index (χ3v) is 5.07. The molecule has 0 saturated carbocycles. The molecule has 1 aliphatic rings. The number of carbonyl (C=O) groups is 2. The average Bonchev–Trinajstić information content (AvgIpc) is 2.79. The molecular weight excluding hydrogens is 415 g/mol. The number of aromatic carboxylic acids is 1. The zero-order chi connectivity index (χ0) is 22.7. The Balaban J connectivity index is 1.50. The normalized spacial score (nSPS) is 15.9. The van der Waals surface area contributed by atoms with Gasteiger partial charge in [0.2, 0.25) is 5.95 Å². The van der Waals surface area contributed by atoms with Crippen molar-refractivity contribution in [3.8, 4) is 11.3 Å². The van der Waals surface area contributed by atoms with Gasteiger partial charge in [0.15, 0.2) is 0 Å². The van der Waals surface area contributed by atoms with Crippen molar-refractivity contribution in [2.24, 2.45) is 0 Å². The molecule has 2 heterocycles. The van der Waals surface area contributed by atoms with E-state index in [1.54, 1.807) is 35.4 Å². The van der Waals surface area contributed by atoms with Crippen LogP contribution in [0.3, 0.4) is 0 Å². The van der Waals surface area contributed by atoms with Crippen molar-refractivity contribution in [1.29, 1.82) is 0 Å². The number of nitrogens with one attached hydrogen (secondary N) is 1. The third kappa shape index (κ3) is 4.73. The zero-order valence-electron chi connectivity index (χ0n) is 17.3. The standard InChI is InChI=1S/C23H21FN4O4/c1-14-13-28(10-11-32-14)21(29)18-7-6-17(12-19(18)24)26-23-25-9-8-20(27-23)15-2-4-16(5-3-15)22(30)31/h2-9,12,14H,10-11,13H2,1H3,(H,30,31)(H,25,26,27). The Labute approximate surface area is 183 Å². The highest BCUT2D eigenvalue weighted by atomic mass is 19.1. The van der Waals surface area contributed by atoms with Crippen molar-refractivity contribution in [3.05, 3.63) is 71.7 Å². The van der Waals surface area contributed by atoms with Crippen LogP contribution in [0.25, 0.3) is 11.3 Å². The lowest BCUT2D eigenvalue weighted by molar-refractivity contribution is -0.0125. The van der Waals surface area contributed by atoms with E-state index in [1.165, 1.54) is 24.3 Å². The Bertz CT molecular complexity index is 1150. The molecule has 1 saturated heterocycles. The molecule has 4 rings (SSSR count). The molecule has 2 aromatic carbocycles. The van der Waals surface area contributed by atoms with Crippen molar-refractivity contribution in [2.45, 2.75) is 13.0 Å². The van der Waals surface area contributed by atoms with Gasteiger partial charge in [0, 0.05) is 30.5 Å². The summed E-state index contributed by atoms with van der Waals surface area (Å²) in [5.74, 6) is -1.77. The molecular formula is C23H21FN4O4. The van der Waals surface area contributed by atoms with Crippen molar-refractivity contribution in [2.75, 3.05) is 25.0 Å². The highest BCUT2D eigenvalue weighted by Gasteiger charge is 2.24. The fraction of sp³-hybridized carbons (Fsp3) is 0.217. The molecule has 0 spiro atoms. The monoisotopic (exact) mass is 436 g/mol. The van der Waals surface area contributed by atoms with Crippen LogP contribution >= 0.6 is 0 Å². The second kappa shape index (κ2) is 9.11. The summed E-state index contributed by atoms with van der Waals surface area (Å²) in [7, 11) is 0. The Hall–Kier alpha value is -3.85. The fourth-order valence-electron chi connectivity index (χ4n) is 3.43. The minimum absolute atomic E-state index is 0.00200. The predicted molar refractivity (Wildman–Crippen MR) is 115 cm³/mol. The second-order valence-corrected chi connectivity index (χ2v) is 7.40. The van der Waals surface area contributed by atoms with Gasteiger partial charge in [-0.15, -0.1) is 0 Å². The van der Waals surface area contributed by atoms with Crippen molar-refractivity contribution >= 4 is 23.5 Å². The van der Waals surface area contributed by atoms with Gasteiger partial charge in [-0.2, -0.15) is 0 Å². The van der Waals surface area contributed by atoms with Crippen LogP contribution in [0.5, 0.6) is 0 Å². The molecule has 32 heavy (non-hydrogen) atoms. The van der Waals surface area contributed by atoms with Crippen molar-refractivity contribution in [1.82, 2.24) is 14.9 Å². The van der Waals surface area contributed by atoms with E-state index in [4.69, 9.17) is 9.84 Å². The molecule has 1 aromatic heterocycles. The van der Waals surface area contributed by atoms with Gasteiger partial charge in [-0.3, -0.25) is 4.79 Å². The molecule has 8 nitrogen and oxygen atoms in total. The smallest absolute Gasteiger partial charge is 0.335 e. The van der Waals surface area contributed by atoms with E-state index in [9.17, 15) is 14.0 Å². The first-order valence-electron chi connectivity index (χ1n) is 10.0. The maximum Gasteiger partial charge on any atom is 0.335 e. The van der Waals surface area contributed by atoms with Gasteiger partial charge in [-0.05, 0) is 43.3 Å². The number of carboxylic acid groups (broad SMARTS) is 1. The van der Waals surface area contributed by atoms with E-state index in [0.717, 1.165) is 0 Å². The van der Waals surface area contributed by atoms with E-state index in [0.29, 0.717) is 36.6 Å². The molecule has 1 unspecified atom stereocenters. The first kappa shape index (κ1) is 21.4. The van der Waals surface area contributed by atoms with Crippen LogP contribution in [0.1, 0.15) is 27.6 Å². The van der Waals surface area contributed by atoms with Gasteiger partial charge in [0.1, 0.15) is 5.82 Å². The number of morpholine rings is 1. The molecule has 1 atom stereocenters. The third-order valence-electron chi connectivity index (χ3n) is 5.07. The van der Waals surface area contributed by atoms with Crippen LogP contribution in [0.15, 0.2) is 54.7 Å². The molecule has 1 amide bonds. The minimum Gasteiger partial charge on any atom is -0.478 e. The highest BCUT2D eigenvalue weighted by molar-refractivity contribution is 5.95. The quantitative estimate of drug-likeness (QED) is 0.630. The molecule has 164 valence electrons. The van der Waals surface area contributed by atoms with Gasteiger partial charge in [-0.1, -0.05) is 12.1 Å². The highest BCUT2D eigenvalue weighted by Crippen LogP contribution is 2.22. The molecule has 0 bridgehead atoms. The van der Waals surface area contributed by atoms with Crippen LogP contribution in [0.2, 0.25) is 0 Å². The number of benzene rings is 2. The van der Waals surface area contributed by atoms with Crippen LogP contribution in [-0.2, 0) is 4.74 Å². The largest absolute Gasteiger partial charge is 0.478 e. The summed E-state index contributed by atoms with van der Waals surface area (Å²) in [4.78, 5) is 33.8. The molecule has 0 aliphatic carbocycles. The van der Waals surface area contributed by atoms with E-state index in [1.807, 2.05) is 6.92 Å². The summed E-state index contributed by atoms with van der Waals surface area (Å²) < 4.78 is 20.1.